The quantitative estimate of drug-likeness (QED) is 0.348. The molecule has 6 rings (SSSR count). The van der Waals surface area contributed by atoms with Crippen molar-refractivity contribution in [3.8, 4) is 5.75 Å². The molecular weight excluding hydrogens is 340 g/mol. The molecule has 0 spiro atoms. The van der Waals surface area contributed by atoms with Gasteiger partial charge in [-0.1, -0.05) is 54.6 Å². The van der Waals surface area contributed by atoms with Crippen LogP contribution in [-0.2, 0) is 0 Å². The third kappa shape index (κ3) is 2.32. The Morgan fingerprint density at radius 3 is 1.68 bits per heavy atom. The Morgan fingerprint density at radius 2 is 1.14 bits per heavy atom. The monoisotopic (exact) mass is 364 g/mol. The Bertz CT molecular complexity index is 1260. The second-order valence-corrected chi connectivity index (χ2v) is 9.37. The van der Waals surface area contributed by atoms with Crippen molar-refractivity contribution in [1.82, 2.24) is 0 Å². The van der Waals surface area contributed by atoms with Crippen LogP contribution in [0.15, 0.2) is 66.7 Å². The van der Waals surface area contributed by atoms with Crippen LogP contribution < -0.4 is 4.74 Å². The summed E-state index contributed by atoms with van der Waals surface area (Å²) >= 11 is 0. The number of hydrogen-bond acceptors (Lipinski definition) is 1. The summed E-state index contributed by atoms with van der Waals surface area (Å²) in [4.78, 5) is 0. The van der Waals surface area contributed by atoms with Crippen molar-refractivity contribution in [2.45, 2.75) is 44.6 Å². The molecule has 0 saturated carbocycles. The van der Waals surface area contributed by atoms with Crippen LogP contribution in [0.4, 0.5) is 0 Å². The van der Waals surface area contributed by atoms with Gasteiger partial charge in [0, 0.05) is 11.8 Å². The molecule has 2 unspecified atom stereocenters. The largest absolute Gasteiger partial charge is 0.488 e. The van der Waals surface area contributed by atoms with E-state index in [1.54, 1.807) is 5.56 Å². The predicted molar refractivity (Wildman–Crippen MR) is 117 cm³/mol. The van der Waals surface area contributed by atoms with Crippen LogP contribution in [0, 0.1) is 0 Å². The van der Waals surface area contributed by atoms with Gasteiger partial charge < -0.3 is 4.74 Å². The molecule has 2 atom stereocenters. The van der Waals surface area contributed by atoms with Gasteiger partial charge in [0.15, 0.2) is 0 Å². The summed E-state index contributed by atoms with van der Waals surface area (Å²) in [5, 5.41) is 5.32. The Kier molecular flexibility index (Phi) is 3.11. The second kappa shape index (κ2) is 5.38. The van der Waals surface area contributed by atoms with Gasteiger partial charge in [-0.3, -0.25) is 0 Å². The Labute approximate surface area is 166 Å². The first kappa shape index (κ1) is 16.2. The van der Waals surface area contributed by atoms with Crippen LogP contribution >= 0.6 is 0 Å². The molecule has 0 radical (unpaired) electrons. The van der Waals surface area contributed by atoms with E-state index in [9.17, 15) is 0 Å². The maximum atomic E-state index is 6.10. The van der Waals surface area contributed by atoms with Crippen molar-refractivity contribution in [3.63, 3.8) is 0 Å². The van der Waals surface area contributed by atoms with E-state index in [0.29, 0.717) is 11.8 Å². The summed E-state index contributed by atoms with van der Waals surface area (Å²) in [5.41, 5.74) is 5.96. The van der Waals surface area contributed by atoms with E-state index in [0.717, 1.165) is 5.75 Å². The normalized spacial score (nSPS) is 19.8. The molecule has 0 N–H and O–H groups in total. The molecule has 2 aliphatic carbocycles. The molecule has 2 bridgehead atoms. The SMILES string of the molecule is CC(C)(C)Oc1ccc2cc3c(cc2c1)C1CC3c2cc3ccccc3cc21. The smallest absolute Gasteiger partial charge is 0.120 e. The summed E-state index contributed by atoms with van der Waals surface area (Å²) in [5.74, 6) is 2.04. The molecule has 0 fully saturated rings. The summed E-state index contributed by atoms with van der Waals surface area (Å²) in [6.07, 6.45) is 1.22. The zero-order valence-electron chi connectivity index (χ0n) is 16.6. The van der Waals surface area contributed by atoms with Crippen molar-refractivity contribution >= 4 is 21.5 Å². The first-order valence-electron chi connectivity index (χ1n) is 10.3. The highest BCUT2D eigenvalue weighted by atomic mass is 16.5. The molecule has 4 aromatic rings. The molecule has 0 aromatic heterocycles. The van der Waals surface area contributed by atoms with E-state index in [2.05, 4.69) is 87.5 Å². The lowest BCUT2D eigenvalue weighted by Crippen LogP contribution is -2.22. The molecular formula is C27H24O. The molecule has 138 valence electrons. The van der Waals surface area contributed by atoms with Crippen LogP contribution in [0.25, 0.3) is 21.5 Å². The van der Waals surface area contributed by atoms with Crippen molar-refractivity contribution in [2.24, 2.45) is 0 Å². The van der Waals surface area contributed by atoms with Gasteiger partial charge in [-0.05, 0) is 83.1 Å². The first-order valence-corrected chi connectivity index (χ1v) is 10.3. The Morgan fingerprint density at radius 1 is 0.643 bits per heavy atom. The predicted octanol–water partition coefficient (Wildman–Crippen LogP) is 7.15. The van der Waals surface area contributed by atoms with Gasteiger partial charge in [-0.15, -0.1) is 0 Å². The fourth-order valence-corrected chi connectivity index (χ4v) is 5.29. The molecule has 0 aliphatic heterocycles. The van der Waals surface area contributed by atoms with E-state index in [1.807, 2.05) is 0 Å². The van der Waals surface area contributed by atoms with E-state index in [-0.39, 0.29) is 5.60 Å². The third-order valence-corrected chi connectivity index (χ3v) is 6.36. The van der Waals surface area contributed by atoms with Crippen molar-refractivity contribution in [1.29, 1.82) is 0 Å². The topological polar surface area (TPSA) is 9.23 Å². The second-order valence-electron chi connectivity index (χ2n) is 9.37. The van der Waals surface area contributed by atoms with Crippen LogP contribution in [0.5, 0.6) is 5.75 Å². The summed E-state index contributed by atoms with van der Waals surface area (Å²) in [6, 6.07) is 25.0. The highest BCUT2D eigenvalue weighted by Gasteiger charge is 2.41. The van der Waals surface area contributed by atoms with Crippen molar-refractivity contribution in [3.05, 3.63) is 89.0 Å². The summed E-state index contributed by atoms with van der Waals surface area (Å²) in [7, 11) is 0. The molecule has 0 amide bonds. The van der Waals surface area contributed by atoms with Gasteiger partial charge in [0.05, 0.1) is 0 Å². The highest BCUT2D eigenvalue weighted by Crippen LogP contribution is 2.57. The van der Waals surface area contributed by atoms with E-state index >= 15 is 0 Å². The molecule has 1 heteroatoms. The lowest BCUT2D eigenvalue weighted by atomic mass is 9.83. The van der Waals surface area contributed by atoms with E-state index in [1.165, 1.54) is 44.7 Å². The zero-order valence-corrected chi connectivity index (χ0v) is 16.6. The van der Waals surface area contributed by atoms with Gasteiger partial charge in [-0.25, -0.2) is 0 Å². The molecule has 2 aliphatic rings. The zero-order chi connectivity index (χ0) is 19.0. The number of ether oxygens (including phenoxy) is 1. The fourth-order valence-electron chi connectivity index (χ4n) is 5.29. The number of hydrogen-bond donors (Lipinski definition) is 0. The molecule has 4 aromatic carbocycles. The molecule has 1 nitrogen and oxygen atoms in total. The van der Waals surface area contributed by atoms with Gasteiger partial charge in [0.1, 0.15) is 11.4 Å². The van der Waals surface area contributed by atoms with Crippen LogP contribution in [0.3, 0.4) is 0 Å². The Hall–Kier alpha value is -2.80. The van der Waals surface area contributed by atoms with Crippen LogP contribution in [0.1, 0.15) is 61.3 Å². The van der Waals surface area contributed by atoms with Crippen molar-refractivity contribution < 1.29 is 4.74 Å². The lowest BCUT2D eigenvalue weighted by molar-refractivity contribution is 0.131. The van der Waals surface area contributed by atoms with Crippen molar-refractivity contribution in [2.75, 3.05) is 0 Å². The minimum absolute atomic E-state index is 0.177. The Balaban J connectivity index is 1.49. The highest BCUT2D eigenvalue weighted by molar-refractivity contribution is 5.89. The average Bonchev–Trinajstić information content (AvgIpc) is 3.20. The fraction of sp³-hybridized carbons (Fsp3) is 0.259. The van der Waals surface area contributed by atoms with E-state index in [4.69, 9.17) is 4.74 Å². The van der Waals surface area contributed by atoms with Crippen LogP contribution in [-0.4, -0.2) is 5.60 Å². The number of benzene rings is 4. The molecule has 0 saturated heterocycles. The molecule has 28 heavy (non-hydrogen) atoms. The number of rotatable bonds is 1. The van der Waals surface area contributed by atoms with E-state index < -0.39 is 0 Å². The van der Waals surface area contributed by atoms with Gasteiger partial charge in [0.2, 0.25) is 0 Å². The van der Waals surface area contributed by atoms with Gasteiger partial charge >= 0.3 is 0 Å². The van der Waals surface area contributed by atoms with Crippen LogP contribution in [0.2, 0.25) is 0 Å². The lowest BCUT2D eigenvalue weighted by Gasteiger charge is -2.23. The minimum Gasteiger partial charge on any atom is -0.488 e. The molecule has 0 heterocycles. The minimum atomic E-state index is -0.177. The third-order valence-electron chi connectivity index (χ3n) is 6.36. The maximum absolute atomic E-state index is 6.10. The number of fused-ring (bicyclic) bond motifs is 10. The maximum Gasteiger partial charge on any atom is 0.120 e. The summed E-state index contributed by atoms with van der Waals surface area (Å²) < 4.78 is 6.10. The standard InChI is InChI=1S/C27H24O/c1-27(2,3)28-20-9-8-18-13-23-24(14-19(18)10-20)26-15-25(23)21-11-16-6-4-5-7-17(16)12-22(21)26/h4-14,25-26H,15H2,1-3H3. The van der Waals surface area contributed by atoms with Gasteiger partial charge in [0.25, 0.3) is 0 Å². The summed E-state index contributed by atoms with van der Waals surface area (Å²) in [6.45, 7) is 6.29. The van der Waals surface area contributed by atoms with Gasteiger partial charge in [-0.2, -0.15) is 0 Å². The first-order chi connectivity index (χ1) is 13.5. The average molecular weight is 364 g/mol.